The van der Waals surface area contributed by atoms with E-state index in [-0.39, 0.29) is 11.3 Å². The number of aryl methyl sites for hydroxylation is 2. The van der Waals surface area contributed by atoms with Crippen LogP contribution in [0.25, 0.3) is 0 Å². The Morgan fingerprint density at radius 1 is 1.56 bits per heavy atom. The fourth-order valence-electron chi connectivity index (χ4n) is 2.33. The number of nitrogens with zero attached hydrogens (tertiary/aromatic N) is 1. The second-order valence-electron chi connectivity index (χ2n) is 4.60. The van der Waals surface area contributed by atoms with Gasteiger partial charge in [-0.15, -0.1) is 11.6 Å². The van der Waals surface area contributed by atoms with Gasteiger partial charge in [-0.2, -0.15) is 0 Å². The first-order chi connectivity index (χ1) is 8.63. The van der Waals surface area contributed by atoms with Gasteiger partial charge in [-0.05, 0) is 44.7 Å². The molecule has 0 fully saturated rings. The minimum Gasteiger partial charge on any atom is -0.462 e. The van der Waals surface area contributed by atoms with Crippen molar-refractivity contribution >= 4 is 17.6 Å². The molecule has 3 nitrogen and oxygen atoms in total. The van der Waals surface area contributed by atoms with E-state index in [0.717, 1.165) is 36.9 Å². The van der Waals surface area contributed by atoms with Crippen LogP contribution in [0.2, 0.25) is 0 Å². The predicted octanol–water partition coefficient (Wildman–Crippen LogP) is 3.57. The largest absolute Gasteiger partial charge is 0.462 e. The Bertz CT molecular complexity index is 459. The van der Waals surface area contributed by atoms with E-state index < -0.39 is 0 Å². The Labute approximate surface area is 113 Å². The van der Waals surface area contributed by atoms with Crippen LogP contribution >= 0.6 is 11.6 Å². The maximum absolute atomic E-state index is 11.8. The number of rotatable bonds is 2. The number of pyridine rings is 1. The molecule has 1 unspecified atom stereocenters. The third-order valence-electron chi connectivity index (χ3n) is 3.27. The van der Waals surface area contributed by atoms with Gasteiger partial charge in [0.05, 0.1) is 28.9 Å². The summed E-state index contributed by atoms with van der Waals surface area (Å²) in [4.78, 5) is 16.3. The minimum atomic E-state index is -0.291. The number of halogens is 1. The standard InChI is InChI=1S/C14H18ClNO2/c1-3-18-14(17)11-8-10-6-4-5-7-12(15)13(10)16-9(11)2/h8,12H,3-7H2,1-2H3. The lowest BCUT2D eigenvalue weighted by Gasteiger charge is -2.13. The van der Waals surface area contributed by atoms with E-state index in [2.05, 4.69) is 4.98 Å². The molecule has 0 saturated heterocycles. The van der Waals surface area contributed by atoms with Crippen molar-refractivity contribution in [3.05, 3.63) is 28.6 Å². The lowest BCUT2D eigenvalue weighted by Crippen LogP contribution is -2.11. The molecule has 1 heterocycles. The molecular formula is C14H18ClNO2. The molecule has 0 radical (unpaired) electrons. The predicted molar refractivity (Wildman–Crippen MR) is 71.1 cm³/mol. The summed E-state index contributed by atoms with van der Waals surface area (Å²) in [5.41, 5.74) is 3.32. The molecule has 0 spiro atoms. The van der Waals surface area contributed by atoms with Crippen LogP contribution < -0.4 is 0 Å². The molecule has 18 heavy (non-hydrogen) atoms. The summed E-state index contributed by atoms with van der Waals surface area (Å²) in [6, 6.07) is 1.91. The lowest BCUT2D eigenvalue weighted by molar-refractivity contribution is 0.0525. The highest BCUT2D eigenvalue weighted by Gasteiger charge is 2.22. The van der Waals surface area contributed by atoms with Crippen molar-refractivity contribution in [3.8, 4) is 0 Å². The third-order valence-corrected chi connectivity index (χ3v) is 3.70. The van der Waals surface area contributed by atoms with Gasteiger partial charge in [0.15, 0.2) is 0 Å². The molecule has 4 heteroatoms. The third kappa shape index (κ3) is 2.66. The van der Waals surface area contributed by atoms with Gasteiger partial charge < -0.3 is 4.74 Å². The van der Waals surface area contributed by atoms with Crippen LogP contribution in [0.15, 0.2) is 6.07 Å². The van der Waals surface area contributed by atoms with Gasteiger partial charge in [0.1, 0.15) is 0 Å². The van der Waals surface area contributed by atoms with Crippen LogP contribution in [0.1, 0.15) is 58.9 Å². The zero-order valence-electron chi connectivity index (χ0n) is 10.8. The second-order valence-corrected chi connectivity index (χ2v) is 5.13. The van der Waals surface area contributed by atoms with Gasteiger partial charge in [-0.25, -0.2) is 4.79 Å². The summed E-state index contributed by atoms with van der Waals surface area (Å²) >= 11 is 6.34. The maximum atomic E-state index is 11.8. The number of hydrogen-bond acceptors (Lipinski definition) is 3. The van der Waals surface area contributed by atoms with Gasteiger partial charge in [0.2, 0.25) is 0 Å². The first-order valence-electron chi connectivity index (χ1n) is 6.45. The molecule has 98 valence electrons. The van der Waals surface area contributed by atoms with Crippen molar-refractivity contribution in [2.24, 2.45) is 0 Å². The van der Waals surface area contributed by atoms with Crippen molar-refractivity contribution in [1.82, 2.24) is 4.98 Å². The normalized spacial score (nSPS) is 18.9. The highest BCUT2D eigenvalue weighted by atomic mass is 35.5. The molecule has 2 rings (SSSR count). The van der Waals surface area contributed by atoms with Crippen LogP contribution in [0.4, 0.5) is 0 Å². The summed E-state index contributed by atoms with van der Waals surface area (Å²) in [6.45, 7) is 4.02. The molecule has 1 atom stereocenters. The fourth-order valence-corrected chi connectivity index (χ4v) is 2.67. The van der Waals surface area contributed by atoms with Crippen LogP contribution in [0.3, 0.4) is 0 Å². The molecular weight excluding hydrogens is 250 g/mol. The average Bonchev–Trinajstić information content (AvgIpc) is 2.51. The van der Waals surface area contributed by atoms with Crippen molar-refractivity contribution in [1.29, 1.82) is 0 Å². The van der Waals surface area contributed by atoms with Gasteiger partial charge >= 0.3 is 5.97 Å². The van der Waals surface area contributed by atoms with Crippen molar-refractivity contribution in [2.75, 3.05) is 6.61 Å². The van der Waals surface area contributed by atoms with E-state index in [4.69, 9.17) is 16.3 Å². The van der Waals surface area contributed by atoms with Crippen LogP contribution in [-0.4, -0.2) is 17.6 Å². The number of aromatic nitrogens is 1. The van der Waals surface area contributed by atoms with E-state index in [1.807, 2.05) is 13.0 Å². The summed E-state index contributed by atoms with van der Waals surface area (Å²) in [5, 5.41) is -0.0301. The van der Waals surface area contributed by atoms with Gasteiger partial charge in [0, 0.05) is 0 Å². The Hall–Kier alpha value is -1.09. The Morgan fingerprint density at radius 2 is 2.33 bits per heavy atom. The summed E-state index contributed by atoms with van der Waals surface area (Å²) in [7, 11) is 0. The number of carbonyl (C=O) groups excluding carboxylic acids is 1. The average molecular weight is 268 g/mol. The highest BCUT2D eigenvalue weighted by Crippen LogP contribution is 2.33. The SMILES string of the molecule is CCOC(=O)c1cc2c(nc1C)C(Cl)CCCC2. The molecule has 1 aliphatic rings. The number of fused-ring (bicyclic) bond motifs is 1. The monoisotopic (exact) mass is 267 g/mol. The van der Waals surface area contributed by atoms with Crippen LogP contribution in [0.5, 0.6) is 0 Å². The van der Waals surface area contributed by atoms with Crippen LogP contribution in [0, 0.1) is 6.92 Å². The summed E-state index contributed by atoms with van der Waals surface area (Å²) in [5.74, 6) is -0.291. The molecule has 1 aromatic heterocycles. The minimum absolute atomic E-state index is 0.0301. The maximum Gasteiger partial charge on any atom is 0.339 e. The van der Waals surface area contributed by atoms with Crippen molar-refractivity contribution in [2.45, 2.75) is 44.9 Å². The Balaban J connectivity index is 2.41. The summed E-state index contributed by atoms with van der Waals surface area (Å²) in [6.07, 6.45) is 4.11. The lowest BCUT2D eigenvalue weighted by atomic mass is 10.0. The van der Waals surface area contributed by atoms with Gasteiger partial charge in [-0.1, -0.05) is 6.42 Å². The van der Waals surface area contributed by atoms with Crippen molar-refractivity contribution in [3.63, 3.8) is 0 Å². The van der Waals surface area contributed by atoms with Crippen LogP contribution in [-0.2, 0) is 11.2 Å². The quantitative estimate of drug-likeness (QED) is 0.467. The number of alkyl halides is 1. The molecule has 1 aliphatic carbocycles. The Kier molecular flexibility index (Phi) is 4.23. The van der Waals surface area contributed by atoms with E-state index >= 15 is 0 Å². The van der Waals surface area contributed by atoms with E-state index in [1.54, 1.807) is 6.92 Å². The molecule has 0 saturated carbocycles. The van der Waals surface area contributed by atoms with Crippen molar-refractivity contribution < 1.29 is 9.53 Å². The molecule has 0 amide bonds. The first-order valence-corrected chi connectivity index (χ1v) is 6.88. The molecule has 1 aromatic rings. The smallest absolute Gasteiger partial charge is 0.339 e. The molecule has 0 aromatic carbocycles. The van der Waals surface area contributed by atoms with E-state index in [0.29, 0.717) is 17.9 Å². The second kappa shape index (κ2) is 5.70. The number of ether oxygens (including phenoxy) is 1. The zero-order chi connectivity index (χ0) is 13.1. The van der Waals surface area contributed by atoms with Gasteiger partial charge in [-0.3, -0.25) is 4.98 Å². The zero-order valence-corrected chi connectivity index (χ0v) is 11.6. The topological polar surface area (TPSA) is 39.2 Å². The fraction of sp³-hybridized carbons (Fsp3) is 0.571. The number of carbonyl (C=O) groups is 1. The van der Waals surface area contributed by atoms with E-state index in [9.17, 15) is 4.79 Å². The summed E-state index contributed by atoms with van der Waals surface area (Å²) < 4.78 is 5.05. The highest BCUT2D eigenvalue weighted by molar-refractivity contribution is 6.20. The van der Waals surface area contributed by atoms with Gasteiger partial charge in [0.25, 0.3) is 0 Å². The number of hydrogen-bond donors (Lipinski definition) is 0. The molecule has 0 aliphatic heterocycles. The first kappa shape index (κ1) is 13.3. The molecule has 0 N–H and O–H groups in total. The van der Waals surface area contributed by atoms with E-state index in [1.165, 1.54) is 0 Å². The Morgan fingerprint density at radius 3 is 3.06 bits per heavy atom. The molecule has 0 bridgehead atoms. The number of esters is 1.